The van der Waals surface area contributed by atoms with Crippen LogP contribution in [0.25, 0.3) is 0 Å². The van der Waals surface area contributed by atoms with Gasteiger partial charge in [0.2, 0.25) is 0 Å². The Balaban J connectivity index is 2.29. The molecule has 2 rings (SSSR count). The summed E-state index contributed by atoms with van der Waals surface area (Å²) in [6.45, 7) is 2.54. The largest absolute Gasteiger partial charge is 0.387 e. The third kappa shape index (κ3) is 3.26. The highest BCUT2D eigenvalue weighted by Crippen LogP contribution is 2.36. The first kappa shape index (κ1) is 14.7. The first-order valence-electron chi connectivity index (χ1n) is 6.38. The van der Waals surface area contributed by atoms with Gasteiger partial charge in [-0.15, -0.1) is 11.3 Å². The predicted molar refractivity (Wildman–Crippen MR) is 84.6 cm³/mol. The minimum absolute atomic E-state index is 0.0843. The van der Waals surface area contributed by atoms with Gasteiger partial charge in [-0.05, 0) is 30.2 Å². The molecule has 2 atom stereocenters. The van der Waals surface area contributed by atoms with Crippen molar-refractivity contribution in [2.75, 3.05) is 6.54 Å². The smallest absolute Gasteiger partial charge is 0.0962 e. The van der Waals surface area contributed by atoms with Crippen LogP contribution in [0.15, 0.2) is 40.9 Å². The molecule has 0 aliphatic carbocycles. The molecule has 0 spiro atoms. The Morgan fingerprint density at radius 2 is 2.00 bits per heavy atom. The number of nitrogens with two attached hydrogens (primary N) is 1. The van der Waals surface area contributed by atoms with E-state index < -0.39 is 6.10 Å². The maximum Gasteiger partial charge on any atom is 0.0962 e. The molecule has 0 fully saturated rings. The summed E-state index contributed by atoms with van der Waals surface area (Å²) in [6, 6.07) is 12.0. The maximum atomic E-state index is 10.6. The Morgan fingerprint density at radius 3 is 2.58 bits per heavy atom. The quantitative estimate of drug-likeness (QED) is 0.868. The number of hydrogen-bond donors (Lipinski definition) is 2. The van der Waals surface area contributed by atoms with Gasteiger partial charge in [0.05, 0.1) is 6.10 Å². The number of hydrogen-bond acceptors (Lipinski definition) is 3. The van der Waals surface area contributed by atoms with Gasteiger partial charge in [0.15, 0.2) is 0 Å². The summed E-state index contributed by atoms with van der Waals surface area (Å²) in [5.41, 5.74) is 6.93. The van der Waals surface area contributed by atoms with Crippen molar-refractivity contribution in [3.8, 4) is 0 Å². The summed E-state index contributed by atoms with van der Waals surface area (Å²) in [5, 5.41) is 10.6. The Kier molecular flexibility index (Phi) is 5.16. The lowest BCUT2D eigenvalue weighted by molar-refractivity contribution is 0.151. The highest BCUT2D eigenvalue weighted by Gasteiger charge is 2.24. The molecule has 1 aromatic heterocycles. The number of halogens is 1. The van der Waals surface area contributed by atoms with E-state index in [9.17, 15) is 5.11 Å². The van der Waals surface area contributed by atoms with Crippen LogP contribution in [0.5, 0.6) is 0 Å². The van der Waals surface area contributed by atoms with Crippen molar-refractivity contribution in [3.05, 3.63) is 56.2 Å². The average molecular weight is 340 g/mol. The summed E-state index contributed by atoms with van der Waals surface area (Å²) in [7, 11) is 0. The fourth-order valence-corrected chi connectivity index (χ4v) is 3.73. The minimum Gasteiger partial charge on any atom is -0.387 e. The van der Waals surface area contributed by atoms with Crippen LogP contribution in [0, 0.1) is 0 Å². The Bertz CT molecular complexity index is 540. The Hall–Kier alpha value is -0.680. The second kappa shape index (κ2) is 6.66. The summed E-state index contributed by atoms with van der Waals surface area (Å²) < 4.78 is 0.997. The van der Waals surface area contributed by atoms with E-state index in [0.717, 1.165) is 21.3 Å². The summed E-state index contributed by atoms with van der Waals surface area (Å²) >= 11 is 5.20. The van der Waals surface area contributed by atoms with E-state index in [1.54, 1.807) is 11.3 Å². The normalized spacial score (nSPS) is 14.3. The third-order valence-corrected chi connectivity index (χ3v) is 5.28. The number of aliphatic hydroxyl groups is 1. The first-order valence-corrected chi connectivity index (χ1v) is 7.99. The molecule has 1 heterocycles. The van der Waals surface area contributed by atoms with Crippen LogP contribution in [0.1, 0.15) is 34.3 Å². The monoisotopic (exact) mass is 339 g/mol. The second-order valence-electron chi connectivity index (χ2n) is 4.47. The van der Waals surface area contributed by atoms with E-state index in [1.165, 1.54) is 4.88 Å². The van der Waals surface area contributed by atoms with Crippen molar-refractivity contribution in [2.45, 2.75) is 25.4 Å². The molecule has 0 bridgehead atoms. The molecule has 2 nitrogen and oxygen atoms in total. The van der Waals surface area contributed by atoms with Gasteiger partial charge in [-0.3, -0.25) is 0 Å². The molecule has 0 saturated heterocycles. The van der Waals surface area contributed by atoms with Gasteiger partial charge in [0.25, 0.3) is 0 Å². The molecular weight excluding hydrogens is 322 g/mol. The van der Waals surface area contributed by atoms with Crippen LogP contribution in [-0.4, -0.2) is 11.7 Å². The van der Waals surface area contributed by atoms with Crippen molar-refractivity contribution in [1.82, 2.24) is 0 Å². The van der Waals surface area contributed by atoms with E-state index in [-0.39, 0.29) is 5.92 Å². The summed E-state index contributed by atoms with van der Waals surface area (Å²) in [4.78, 5) is 2.28. The van der Waals surface area contributed by atoms with Gasteiger partial charge in [-0.2, -0.15) is 0 Å². The zero-order chi connectivity index (χ0) is 13.8. The van der Waals surface area contributed by atoms with Crippen LogP contribution < -0.4 is 5.73 Å². The van der Waals surface area contributed by atoms with Crippen molar-refractivity contribution in [2.24, 2.45) is 5.73 Å². The standard InChI is InChI=1S/C15H18BrNOS/c1-2-10-7-8-14(19-10)15(18)12(9-17)11-5-3-4-6-13(11)16/h3-8,12,15,18H,2,9,17H2,1H3. The van der Waals surface area contributed by atoms with Gasteiger partial charge in [-0.25, -0.2) is 0 Å². The third-order valence-electron chi connectivity index (χ3n) is 3.26. The maximum absolute atomic E-state index is 10.6. The average Bonchev–Trinajstić information content (AvgIpc) is 2.90. The minimum atomic E-state index is -0.547. The number of benzene rings is 1. The zero-order valence-corrected chi connectivity index (χ0v) is 13.2. The van der Waals surface area contributed by atoms with Crippen molar-refractivity contribution in [3.63, 3.8) is 0 Å². The number of aliphatic hydroxyl groups excluding tert-OH is 1. The molecule has 0 aliphatic rings. The molecule has 2 unspecified atom stereocenters. The van der Waals surface area contributed by atoms with Gasteiger partial charge < -0.3 is 10.8 Å². The lowest BCUT2D eigenvalue weighted by Crippen LogP contribution is -2.20. The van der Waals surface area contributed by atoms with Crippen LogP contribution in [0.4, 0.5) is 0 Å². The number of rotatable bonds is 5. The second-order valence-corrected chi connectivity index (χ2v) is 6.52. The molecular formula is C15H18BrNOS. The molecule has 4 heteroatoms. The zero-order valence-electron chi connectivity index (χ0n) is 10.8. The summed E-state index contributed by atoms with van der Waals surface area (Å²) in [5.74, 6) is -0.0843. The lowest BCUT2D eigenvalue weighted by Gasteiger charge is -2.22. The molecule has 3 N–H and O–H groups in total. The van der Waals surface area contributed by atoms with Gasteiger partial charge in [0, 0.05) is 26.7 Å². The van der Waals surface area contributed by atoms with Crippen molar-refractivity contribution < 1.29 is 5.11 Å². The van der Waals surface area contributed by atoms with E-state index in [0.29, 0.717) is 6.54 Å². The topological polar surface area (TPSA) is 46.2 Å². The first-order chi connectivity index (χ1) is 9.17. The van der Waals surface area contributed by atoms with Crippen LogP contribution in [-0.2, 0) is 6.42 Å². The molecule has 19 heavy (non-hydrogen) atoms. The molecule has 0 radical (unpaired) electrons. The van der Waals surface area contributed by atoms with Crippen molar-refractivity contribution in [1.29, 1.82) is 0 Å². The van der Waals surface area contributed by atoms with E-state index in [1.807, 2.05) is 30.3 Å². The number of thiophene rings is 1. The molecule has 0 amide bonds. The lowest BCUT2D eigenvalue weighted by atomic mass is 9.92. The Morgan fingerprint density at radius 1 is 1.26 bits per heavy atom. The molecule has 102 valence electrons. The fourth-order valence-electron chi connectivity index (χ4n) is 2.14. The highest BCUT2D eigenvalue weighted by molar-refractivity contribution is 9.10. The highest BCUT2D eigenvalue weighted by atomic mass is 79.9. The van der Waals surface area contributed by atoms with Crippen LogP contribution in [0.3, 0.4) is 0 Å². The van der Waals surface area contributed by atoms with Crippen molar-refractivity contribution >= 4 is 27.3 Å². The van der Waals surface area contributed by atoms with E-state index >= 15 is 0 Å². The summed E-state index contributed by atoms with van der Waals surface area (Å²) in [6.07, 6.45) is 0.452. The van der Waals surface area contributed by atoms with E-state index in [2.05, 4.69) is 28.9 Å². The number of aryl methyl sites for hydroxylation is 1. The van der Waals surface area contributed by atoms with Gasteiger partial charge in [-0.1, -0.05) is 41.1 Å². The fraction of sp³-hybridized carbons (Fsp3) is 0.333. The van der Waals surface area contributed by atoms with Crippen LogP contribution >= 0.6 is 27.3 Å². The van der Waals surface area contributed by atoms with Crippen LogP contribution in [0.2, 0.25) is 0 Å². The molecule has 0 aliphatic heterocycles. The van der Waals surface area contributed by atoms with Gasteiger partial charge >= 0.3 is 0 Å². The van der Waals surface area contributed by atoms with E-state index in [4.69, 9.17) is 5.73 Å². The molecule has 0 saturated carbocycles. The van der Waals surface area contributed by atoms with Gasteiger partial charge in [0.1, 0.15) is 0 Å². The molecule has 2 aromatic rings. The predicted octanol–water partition coefficient (Wildman–Crippen LogP) is 3.85. The SMILES string of the molecule is CCc1ccc(C(O)C(CN)c2ccccc2Br)s1. The molecule has 1 aromatic carbocycles. The Labute approximate surface area is 126 Å².